The predicted molar refractivity (Wildman–Crippen MR) is 71.5 cm³/mol. The van der Waals surface area contributed by atoms with Gasteiger partial charge in [-0.25, -0.2) is 12.8 Å². The van der Waals surface area contributed by atoms with Gasteiger partial charge in [0, 0.05) is 19.2 Å². The summed E-state index contributed by atoms with van der Waals surface area (Å²) in [6.07, 6.45) is 0.312. The van der Waals surface area contributed by atoms with Crippen LogP contribution in [-0.4, -0.2) is 37.0 Å². The number of benzene rings is 1. The third kappa shape index (κ3) is 3.43. The van der Waals surface area contributed by atoms with Crippen LogP contribution in [-0.2, 0) is 10.0 Å². The van der Waals surface area contributed by atoms with E-state index in [2.05, 4.69) is 0 Å². The van der Waals surface area contributed by atoms with Gasteiger partial charge in [-0.15, -0.1) is 0 Å². The second kappa shape index (κ2) is 6.31. The van der Waals surface area contributed by atoms with E-state index in [4.69, 9.17) is 10.8 Å². The Bertz CT molecular complexity index is 532. The molecule has 0 aliphatic heterocycles. The summed E-state index contributed by atoms with van der Waals surface area (Å²) in [6, 6.07) is 3.40. The van der Waals surface area contributed by atoms with Crippen molar-refractivity contribution >= 4 is 15.7 Å². The molecule has 7 heteroatoms. The fourth-order valence-corrected chi connectivity index (χ4v) is 3.55. The van der Waals surface area contributed by atoms with E-state index in [1.165, 1.54) is 16.4 Å². The molecule has 0 radical (unpaired) electrons. The predicted octanol–water partition coefficient (Wildman–Crippen LogP) is 1.19. The summed E-state index contributed by atoms with van der Waals surface area (Å²) in [5.41, 5.74) is 5.13. The van der Waals surface area contributed by atoms with Gasteiger partial charge >= 0.3 is 0 Å². The second-order valence-corrected chi connectivity index (χ2v) is 6.30. The van der Waals surface area contributed by atoms with Crippen molar-refractivity contribution in [3.05, 3.63) is 24.0 Å². The van der Waals surface area contributed by atoms with Crippen LogP contribution in [0.15, 0.2) is 23.1 Å². The molecule has 1 aromatic rings. The summed E-state index contributed by atoms with van der Waals surface area (Å²) in [5, 5.41) is 8.83. The van der Waals surface area contributed by atoms with Gasteiger partial charge in [0.1, 0.15) is 10.7 Å². The van der Waals surface area contributed by atoms with Gasteiger partial charge in [-0.2, -0.15) is 4.31 Å². The molecule has 0 spiro atoms. The van der Waals surface area contributed by atoms with Crippen molar-refractivity contribution in [3.8, 4) is 0 Å². The molecule has 108 valence electrons. The van der Waals surface area contributed by atoms with E-state index in [1.807, 2.05) is 0 Å². The second-order valence-electron chi connectivity index (χ2n) is 4.44. The molecule has 0 saturated heterocycles. The third-order valence-corrected chi connectivity index (χ3v) is 4.85. The van der Waals surface area contributed by atoms with Gasteiger partial charge in [0.2, 0.25) is 10.0 Å². The summed E-state index contributed by atoms with van der Waals surface area (Å²) in [5.74, 6) is -0.757. The van der Waals surface area contributed by atoms with Crippen molar-refractivity contribution < 1.29 is 17.9 Å². The molecular formula is C12H19FN2O3S. The zero-order valence-corrected chi connectivity index (χ0v) is 11.8. The molecular weight excluding hydrogens is 271 g/mol. The molecule has 19 heavy (non-hydrogen) atoms. The van der Waals surface area contributed by atoms with Crippen molar-refractivity contribution in [1.29, 1.82) is 0 Å². The van der Waals surface area contributed by atoms with Gasteiger partial charge in [0.15, 0.2) is 0 Å². The lowest BCUT2D eigenvalue weighted by Gasteiger charge is -2.26. The highest BCUT2D eigenvalue weighted by atomic mass is 32.2. The first-order chi connectivity index (χ1) is 8.82. The smallest absolute Gasteiger partial charge is 0.245 e. The number of anilines is 1. The Labute approximate surface area is 112 Å². The van der Waals surface area contributed by atoms with E-state index < -0.39 is 15.8 Å². The zero-order valence-electron chi connectivity index (χ0n) is 11.0. The molecule has 5 nitrogen and oxygen atoms in total. The molecule has 0 saturated carbocycles. The Hall–Kier alpha value is -1.18. The Balaban J connectivity index is 3.23. The number of nitrogen functional groups attached to an aromatic ring is 1. The van der Waals surface area contributed by atoms with Crippen LogP contribution in [0.4, 0.5) is 10.1 Å². The van der Waals surface area contributed by atoms with E-state index in [-0.39, 0.29) is 29.8 Å². The molecule has 0 amide bonds. The number of nitrogens with zero attached hydrogens (tertiary/aromatic N) is 1. The van der Waals surface area contributed by atoms with E-state index >= 15 is 0 Å². The molecule has 1 aromatic carbocycles. The van der Waals surface area contributed by atoms with Crippen molar-refractivity contribution in [3.63, 3.8) is 0 Å². The molecule has 0 unspecified atom stereocenters. The topological polar surface area (TPSA) is 83.6 Å². The molecule has 0 bridgehead atoms. The Morgan fingerprint density at radius 3 is 2.58 bits per heavy atom. The molecule has 0 aromatic heterocycles. The summed E-state index contributed by atoms with van der Waals surface area (Å²) in [7, 11) is -3.87. The molecule has 0 fully saturated rings. The highest BCUT2D eigenvalue weighted by Crippen LogP contribution is 2.25. The largest absolute Gasteiger partial charge is 0.396 e. The minimum atomic E-state index is -3.87. The van der Waals surface area contributed by atoms with Crippen LogP contribution in [0.3, 0.4) is 0 Å². The molecule has 0 aliphatic rings. The summed E-state index contributed by atoms with van der Waals surface area (Å²) in [6.45, 7) is 3.47. The Kier molecular flexibility index (Phi) is 5.28. The number of aliphatic hydroxyl groups is 1. The van der Waals surface area contributed by atoms with Crippen LogP contribution < -0.4 is 5.73 Å². The first kappa shape index (κ1) is 15.9. The lowest BCUT2D eigenvalue weighted by atomic mass is 10.3. The fraction of sp³-hybridized carbons (Fsp3) is 0.500. The maximum Gasteiger partial charge on any atom is 0.245 e. The number of hydrogen-bond acceptors (Lipinski definition) is 4. The van der Waals surface area contributed by atoms with E-state index in [9.17, 15) is 12.8 Å². The van der Waals surface area contributed by atoms with Gasteiger partial charge in [-0.05, 0) is 32.4 Å². The lowest BCUT2D eigenvalue weighted by Crippen LogP contribution is -2.38. The van der Waals surface area contributed by atoms with Crippen molar-refractivity contribution in [2.24, 2.45) is 0 Å². The number of hydrogen-bond donors (Lipinski definition) is 2. The van der Waals surface area contributed by atoms with Gasteiger partial charge in [0.05, 0.1) is 5.69 Å². The van der Waals surface area contributed by atoms with Crippen molar-refractivity contribution in [2.45, 2.75) is 31.2 Å². The SMILES string of the molecule is CC(C)N(CCCO)S(=O)(=O)c1cccc(F)c1N. The molecule has 1 rings (SSSR count). The fourth-order valence-electron chi connectivity index (χ4n) is 1.75. The minimum Gasteiger partial charge on any atom is -0.396 e. The first-order valence-electron chi connectivity index (χ1n) is 5.99. The van der Waals surface area contributed by atoms with Crippen LogP contribution in [0.25, 0.3) is 0 Å². The number of rotatable bonds is 6. The number of halogens is 1. The average Bonchev–Trinajstić information content (AvgIpc) is 2.32. The first-order valence-corrected chi connectivity index (χ1v) is 7.43. The third-order valence-electron chi connectivity index (χ3n) is 2.71. The van der Waals surface area contributed by atoms with E-state index in [1.54, 1.807) is 13.8 Å². The number of nitrogens with two attached hydrogens (primary N) is 1. The maximum atomic E-state index is 13.4. The van der Waals surface area contributed by atoms with Crippen LogP contribution >= 0.6 is 0 Å². The maximum absolute atomic E-state index is 13.4. The summed E-state index contributed by atoms with van der Waals surface area (Å²) < 4.78 is 39.5. The number of aliphatic hydroxyl groups excluding tert-OH is 1. The summed E-state index contributed by atoms with van der Waals surface area (Å²) in [4.78, 5) is -0.237. The van der Waals surface area contributed by atoms with Gasteiger partial charge in [-0.1, -0.05) is 6.07 Å². The van der Waals surface area contributed by atoms with Crippen molar-refractivity contribution in [1.82, 2.24) is 4.31 Å². The molecule has 3 N–H and O–H groups in total. The zero-order chi connectivity index (χ0) is 14.6. The van der Waals surface area contributed by atoms with E-state index in [0.717, 1.165) is 6.07 Å². The Morgan fingerprint density at radius 2 is 2.05 bits per heavy atom. The van der Waals surface area contributed by atoms with Crippen molar-refractivity contribution in [2.75, 3.05) is 18.9 Å². The standard InChI is InChI=1S/C12H19FN2O3S/c1-9(2)15(7-4-8-16)19(17,18)11-6-3-5-10(13)12(11)14/h3,5-6,9,16H,4,7-8,14H2,1-2H3. The molecule has 0 heterocycles. The average molecular weight is 290 g/mol. The van der Waals surface area contributed by atoms with Gasteiger partial charge < -0.3 is 10.8 Å². The van der Waals surface area contributed by atoms with Gasteiger partial charge in [0.25, 0.3) is 0 Å². The van der Waals surface area contributed by atoms with Crippen LogP contribution in [0.5, 0.6) is 0 Å². The number of para-hydroxylation sites is 1. The monoisotopic (exact) mass is 290 g/mol. The quantitative estimate of drug-likeness (QED) is 0.771. The van der Waals surface area contributed by atoms with Gasteiger partial charge in [-0.3, -0.25) is 0 Å². The highest BCUT2D eigenvalue weighted by molar-refractivity contribution is 7.89. The number of sulfonamides is 1. The minimum absolute atomic E-state index is 0.114. The summed E-state index contributed by atoms with van der Waals surface area (Å²) >= 11 is 0. The van der Waals surface area contributed by atoms with Crippen LogP contribution in [0, 0.1) is 5.82 Å². The lowest BCUT2D eigenvalue weighted by molar-refractivity contribution is 0.258. The van der Waals surface area contributed by atoms with Crippen LogP contribution in [0.1, 0.15) is 20.3 Å². The molecule has 0 atom stereocenters. The Morgan fingerprint density at radius 1 is 1.42 bits per heavy atom. The molecule has 0 aliphatic carbocycles. The van der Waals surface area contributed by atoms with Crippen LogP contribution in [0.2, 0.25) is 0 Å². The normalized spacial score (nSPS) is 12.3. The highest BCUT2D eigenvalue weighted by Gasteiger charge is 2.29. The van der Waals surface area contributed by atoms with E-state index in [0.29, 0.717) is 6.42 Å².